The standard InChI is InChI=1S/C22H18ClF4N3O3/c1-22(33,11-24)18(19(26)27)28-20(31)16-10-17(12-5-7-13(23)8-6-12)29-30(21(16)32)15-4-2-3-14(25)9-15/h2-10,18-19,33H,11H2,1H3,(H,28,31). The van der Waals surface area contributed by atoms with Crippen LogP contribution in [0.4, 0.5) is 17.6 Å². The summed E-state index contributed by atoms with van der Waals surface area (Å²) in [5.74, 6) is -1.97. The van der Waals surface area contributed by atoms with Crippen LogP contribution in [0.25, 0.3) is 16.9 Å². The van der Waals surface area contributed by atoms with Crippen LogP contribution in [0.15, 0.2) is 59.4 Å². The van der Waals surface area contributed by atoms with Crippen LogP contribution in [-0.2, 0) is 0 Å². The molecule has 0 saturated carbocycles. The third kappa shape index (κ3) is 5.40. The van der Waals surface area contributed by atoms with Gasteiger partial charge in [0, 0.05) is 10.6 Å². The minimum Gasteiger partial charge on any atom is -0.385 e. The molecule has 0 radical (unpaired) electrons. The molecule has 2 aromatic carbocycles. The van der Waals surface area contributed by atoms with Gasteiger partial charge in [0.1, 0.15) is 29.7 Å². The minimum atomic E-state index is -3.33. The van der Waals surface area contributed by atoms with E-state index in [-0.39, 0.29) is 11.4 Å². The Hall–Kier alpha value is -3.24. The molecule has 0 aliphatic heterocycles. The molecule has 1 aromatic heterocycles. The Morgan fingerprint density at radius 1 is 1.21 bits per heavy atom. The van der Waals surface area contributed by atoms with Crippen molar-refractivity contribution in [3.63, 3.8) is 0 Å². The average Bonchev–Trinajstić information content (AvgIpc) is 2.77. The monoisotopic (exact) mass is 483 g/mol. The molecule has 2 N–H and O–H groups in total. The largest absolute Gasteiger partial charge is 0.385 e. The summed E-state index contributed by atoms with van der Waals surface area (Å²) in [7, 11) is 0. The van der Waals surface area contributed by atoms with Crippen molar-refractivity contribution in [2.45, 2.75) is 25.0 Å². The lowest BCUT2D eigenvalue weighted by molar-refractivity contribution is -0.0567. The number of nitrogens with zero attached hydrogens (tertiary/aromatic N) is 2. The fraction of sp³-hybridized carbons (Fsp3) is 0.227. The molecule has 6 nitrogen and oxygen atoms in total. The zero-order chi connectivity index (χ0) is 24.3. The summed E-state index contributed by atoms with van der Waals surface area (Å²) in [6.07, 6.45) is -3.33. The second-order valence-electron chi connectivity index (χ2n) is 7.42. The average molecular weight is 484 g/mol. The first-order chi connectivity index (χ1) is 15.5. The molecule has 0 saturated heterocycles. The highest BCUT2D eigenvalue weighted by Gasteiger charge is 2.40. The molecule has 1 heterocycles. The van der Waals surface area contributed by atoms with E-state index in [2.05, 4.69) is 5.10 Å². The third-order valence-corrected chi connectivity index (χ3v) is 5.08. The van der Waals surface area contributed by atoms with Crippen molar-refractivity contribution < 1.29 is 27.5 Å². The SMILES string of the molecule is CC(O)(CF)C(NC(=O)c1cc(-c2ccc(Cl)cc2)nn(-c2cccc(F)c2)c1=O)C(F)F. The van der Waals surface area contributed by atoms with E-state index >= 15 is 0 Å². The number of benzene rings is 2. The number of alkyl halides is 3. The van der Waals surface area contributed by atoms with Gasteiger partial charge in [0.25, 0.3) is 17.9 Å². The van der Waals surface area contributed by atoms with E-state index in [1.807, 2.05) is 5.32 Å². The van der Waals surface area contributed by atoms with Gasteiger partial charge in [-0.2, -0.15) is 9.78 Å². The summed E-state index contributed by atoms with van der Waals surface area (Å²) in [5.41, 5.74) is -3.78. The van der Waals surface area contributed by atoms with Crippen LogP contribution < -0.4 is 10.9 Å². The number of hydrogen-bond donors (Lipinski definition) is 2. The van der Waals surface area contributed by atoms with E-state index in [1.54, 1.807) is 12.1 Å². The van der Waals surface area contributed by atoms with Crippen molar-refractivity contribution in [1.82, 2.24) is 15.1 Å². The molecule has 2 atom stereocenters. The van der Waals surface area contributed by atoms with Crippen LogP contribution in [-0.4, -0.2) is 45.5 Å². The van der Waals surface area contributed by atoms with E-state index in [9.17, 15) is 32.3 Å². The van der Waals surface area contributed by atoms with Crippen molar-refractivity contribution >= 4 is 17.5 Å². The number of hydrogen-bond acceptors (Lipinski definition) is 4. The number of amides is 1. The molecular formula is C22H18ClF4N3O3. The second-order valence-corrected chi connectivity index (χ2v) is 7.86. The Bertz CT molecular complexity index is 1220. The number of aromatic nitrogens is 2. The Labute approximate surface area is 190 Å². The molecule has 0 aliphatic rings. The molecule has 174 valence electrons. The number of halogens is 5. The Balaban J connectivity index is 2.16. The first-order valence-corrected chi connectivity index (χ1v) is 9.95. The smallest absolute Gasteiger partial charge is 0.284 e. The van der Waals surface area contributed by atoms with Crippen LogP contribution in [0.5, 0.6) is 0 Å². The molecule has 33 heavy (non-hydrogen) atoms. The topological polar surface area (TPSA) is 84.2 Å². The van der Waals surface area contributed by atoms with Gasteiger partial charge < -0.3 is 10.4 Å². The zero-order valence-electron chi connectivity index (χ0n) is 17.1. The highest BCUT2D eigenvalue weighted by Crippen LogP contribution is 2.22. The lowest BCUT2D eigenvalue weighted by Crippen LogP contribution is -2.57. The summed E-state index contributed by atoms with van der Waals surface area (Å²) in [5, 5.41) is 16.3. The van der Waals surface area contributed by atoms with Crippen molar-refractivity contribution in [3.05, 3.63) is 81.4 Å². The quantitative estimate of drug-likeness (QED) is 0.501. The minimum absolute atomic E-state index is 0.0222. The van der Waals surface area contributed by atoms with Gasteiger partial charge in [0.15, 0.2) is 0 Å². The summed E-state index contributed by atoms with van der Waals surface area (Å²) >= 11 is 5.89. The van der Waals surface area contributed by atoms with E-state index in [1.165, 1.54) is 24.3 Å². The van der Waals surface area contributed by atoms with Gasteiger partial charge in [0.2, 0.25) is 0 Å². The Kier molecular flexibility index (Phi) is 7.19. The second kappa shape index (κ2) is 9.72. The van der Waals surface area contributed by atoms with Gasteiger partial charge in [-0.1, -0.05) is 29.8 Å². The van der Waals surface area contributed by atoms with E-state index < -0.39 is 47.6 Å². The summed E-state index contributed by atoms with van der Waals surface area (Å²) in [6.45, 7) is -0.775. The van der Waals surface area contributed by atoms with Gasteiger partial charge in [0.05, 0.1) is 11.4 Å². The van der Waals surface area contributed by atoms with Crippen LogP contribution in [0.3, 0.4) is 0 Å². The van der Waals surface area contributed by atoms with Crippen molar-refractivity contribution in [1.29, 1.82) is 0 Å². The van der Waals surface area contributed by atoms with Crippen LogP contribution in [0.2, 0.25) is 5.02 Å². The number of rotatable bonds is 7. The lowest BCUT2D eigenvalue weighted by atomic mass is 9.98. The molecule has 2 unspecified atom stereocenters. The molecule has 0 fully saturated rings. The maximum atomic E-state index is 13.8. The fourth-order valence-corrected chi connectivity index (χ4v) is 3.12. The fourth-order valence-electron chi connectivity index (χ4n) is 2.99. The number of carbonyl (C=O) groups is 1. The molecule has 1 amide bonds. The molecule has 11 heteroatoms. The van der Waals surface area contributed by atoms with E-state index in [0.717, 1.165) is 29.8 Å². The molecule has 3 aromatic rings. The Morgan fingerprint density at radius 3 is 2.45 bits per heavy atom. The van der Waals surface area contributed by atoms with Crippen molar-refractivity contribution in [3.8, 4) is 16.9 Å². The van der Waals surface area contributed by atoms with Gasteiger partial charge in [-0.05, 0) is 43.3 Å². The predicted molar refractivity (Wildman–Crippen MR) is 114 cm³/mol. The van der Waals surface area contributed by atoms with Gasteiger partial charge in [-0.15, -0.1) is 0 Å². The molecule has 0 spiro atoms. The highest BCUT2D eigenvalue weighted by molar-refractivity contribution is 6.30. The van der Waals surface area contributed by atoms with Gasteiger partial charge >= 0.3 is 0 Å². The van der Waals surface area contributed by atoms with Crippen LogP contribution in [0, 0.1) is 5.82 Å². The van der Waals surface area contributed by atoms with Crippen molar-refractivity contribution in [2.24, 2.45) is 0 Å². The first kappa shape index (κ1) is 24.4. The van der Waals surface area contributed by atoms with Crippen LogP contribution >= 0.6 is 11.6 Å². The summed E-state index contributed by atoms with van der Waals surface area (Å²) in [4.78, 5) is 25.8. The van der Waals surface area contributed by atoms with Crippen LogP contribution in [0.1, 0.15) is 17.3 Å². The lowest BCUT2D eigenvalue weighted by Gasteiger charge is -2.30. The summed E-state index contributed by atoms with van der Waals surface area (Å²) in [6, 6.07) is 9.72. The molecule has 3 rings (SSSR count). The predicted octanol–water partition coefficient (Wildman–Crippen LogP) is 3.78. The van der Waals surface area contributed by atoms with Gasteiger partial charge in [-0.25, -0.2) is 17.6 Å². The normalized spacial score (nSPS) is 14.1. The van der Waals surface area contributed by atoms with E-state index in [0.29, 0.717) is 10.6 Å². The van der Waals surface area contributed by atoms with Gasteiger partial charge in [-0.3, -0.25) is 9.59 Å². The molecule has 0 aliphatic carbocycles. The third-order valence-electron chi connectivity index (χ3n) is 4.83. The highest BCUT2D eigenvalue weighted by atomic mass is 35.5. The number of nitrogens with one attached hydrogen (secondary N) is 1. The number of aliphatic hydroxyl groups is 1. The first-order valence-electron chi connectivity index (χ1n) is 9.57. The maximum absolute atomic E-state index is 13.8. The number of carbonyl (C=O) groups excluding carboxylic acids is 1. The van der Waals surface area contributed by atoms with E-state index in [4.69, 9.17) is 11.6 Å². The maximum Gasteiger partial charge on any atom is 0.284 e. The molecule has 0 bridgehead atoms. The zero-order valence-corrected chi connectivity index (χ0v) is 17.9. The van der Waals surface area contributed by atoms with Crippen molar-refractivity contribution in [2.75, 3.05) is 6.67 Å². The summed E-state index contributed by atoms with van der Waals surface area (Å²) < 4.78 is 54.5. The Morgan fingerprint density at radius 2 is 1.88 bits per heavy atom. The molecular weight excluding hydrogens is 466 g/mol.